The summed E-state index contributed by atoms with van der Waals surface area (Å²) in [6, 6.07) is 7.28. The third kappa shape index (κ3) is 3.40. The summed E-state index contributed by atoms with van der Waals surface area (Å²) < 4.78 is 5.05. The Morgan fingerprint density at radius 3 is 2.76 bits per heavy atom. The molecule has 2 N–H and O–H groups in total. The largest absolute Gasteiger partial charge is 0.480 e. The molecular weight excluding hydrogens is 324 g/mol. The summed E-state index contributed by atoms with van der Waals surface area (Å²) in [5.74, 6) is -1.59. The fraction of sp³-hybridized carbons (Fsp3) is 0.278. The molecule has 7 nitrogen and oxygen atoms in total. The van der Waals surface area contributed by atoms with Gasteiger partial charge in [-0.05, 0) is 49.6 Å². The predicted octanol–water partition coefficient (Wildman–Crippen LogP) is 2.53. The molecule has 2 aromatic rings. The molecule has 1 saturated heterocycles. The van der Waals surface area contributed by atoms with Crippen LogP contribution in [0, 0.1) is 6.92 Å². The van der Waals surface area contributed by atoms with Gasteiger partial charge in [0.15, 0.2) is 5.76 Å². The molecule has 0 radical (unpaired) electrons. The Morgan fingerprint density at radius 2 is 2.08 bits per heavy atom. The van der Waals surface area contributed by atoms with E-state index in [1.165, 1.54) is 11.2 Å². The number of carboxylic acid groups (broad SMARTS) is 1. The minimum absolute atomic E-state index is 0.168. The molecule has 0 aliphatic carbocycles. The highest BCUT2D eigenvalue weighted by atomic mass is 16.4. The van der Waals surface area contributed by atoms with Crippen LogP contribution in [-0.2, 0) is 4.79 Å². The summed E-state index contributed by atoms with van der Waals surface area (Å²) in [4.78, 5) is 37.4. The van der Waals surface area contributed by atoms with Crippen molar-refractivity contribution >= 4 is 23.5 Å². The van der Waals surface area contributed by atoms with Gasteiger partial charge in [-0.2, -0.15) is 0 Å². The van der Waals surface area contributed by atoms with Crippen LogP contribution in [0.25, 0.3) is 0 Å². The molecule has 1 aromatic heterocycles. The predicted molar refractivity (Wildman–Crippen MR) is 89.5 cm³/mol. The highest BCUT2D eigenvalue weighted by Gasteiger charge is 2.34. The number of benzene rings is 1. The van der Waals surface area contributed by atoms with Gasteiger partial charge in [0.25, 0.3) is 11.8 Å². The molecule has 1 fully saturated rings. The maximum Gasteiger partial charge on any atom is 0.326 e. The molecule has 25 heavy (non-hydrogen) atoms. The second kappa shape index (κ2) is 6.80. The number of hydrogen-bond acceptors (Lipinski definition) is 4. The van der Waals surface area contributed by atoms with Crippen molar-refractivity contribution in [3.05, 3.63) is 53.5 Å². The van der Waals surface area contributed by atoms with Gasteiger partial charge in [0.1, 0.15) is 6.04 Å². The number of rotatable bonds is 4. The van der Waals surface area contributed by atoms with E-state index in [-0.39, 0.29) is 11.7 Å². The van der Waals surface area contributed by atoms with Crippen LogP contribution < -0.4 is 5.32 Å². The molecule has 2 heterocycles. The fourth-order valence-electron chi connectivity index (χ4n) is 2.91. The van der Waals surface area contributed by atoms with E-state index in [9.17, 15) is 19.5 Å². The van der Waals surface area contributed by atoms with Crippen LogP contribution >= 0.6 is 0 Å². The van der Waals surface area contributed by atoms with Crippen molar-refractivity contribution < 1.29 is 23.9 Å². The molecule has 1 aliphatic heterocycles. The number of nitrogens with one attached hydrogen (secondary N) is 1. The molecule has 0 unspecified atom stereocenters. The second-order valence-electron chi connectivity index (χ2n) is 5.96. The van der Waals surface area contributed by atoms with Gasteiger partial charge in [-0.25, -0.2) is 4.79 Å². The summed E-state index contributed by atoms with van der Waals surface area (Å²) >= 11 is 0. The van der Waals surface area contributed by atoms with Gasteiger partial charge in [0.2, 0.25) is 0 Å². The number of furan rings is 1. The third-order valence-electron chi connectivity index (χ3n) is 4.28. The zero-order valence-electron chi connectivity index (χ0n) is 13.7. The first-order valence-electron chi connectivity index (χ1n) is 7.96. The number of amides is 2. The number of nitrogens with zero attached hydrogens (tertiary/aromatic N) is 1. The molecule has 2 amide bonds. The van der Waals surface area contributed by atoms with Gasteiger partial charge in [-0.15, -0.1) is 0 Å². The van der Waals surface area contributed by atoms with Crippen LogP contribution in [0.4, 0.5) is 5.69 Å². The molecule has 130 valence electrons. The lowest BCUT2D eigenvalue weighted by Crippen LogP contribution is -2.40. The quantitative estimate of drug-likeness (QED) is 0.889. The van der Waals surface area contributed by atoms with E-state index in [1.807, 2.05) is 6.92 Å². The van der Waals surface area contributed by atoms with Crippen molar-refractivity contribution in [3.63, 3.8) is 0 Å². The van der Waals surface area contributed by atoms with Gasteiger partial charge < -0.3 is 19.7 Å². The summed E-state index contributed by atoms with van der Waals surface area (Å²) in [7, 11) is 0. The standard InChI is InChI=1S/C18H18N2O5/c1-11-6-7-12(17(22)20-8-2-4-14(20)18(23)24)10-13(11)19-16(21)15-5-3-9-25-15/h3,5-7,9-10,14H,2,4,8H2,1H3,(H,19,21)(H,23,24)/t14-/m0/s1. The van der Waals surface area contributed by atoms with Crippen molar-refractivity contribution in [1.82, 2.24) is 4.90 Å². The highest BCUT2D eigenvalue weighted by Crippen LogP contribution is 2.23. The highest BCUT2D eigenvalue weighted by molar-refractivity contribution is 6.04. The number of anilines is 1. The Morgan fingerprint density at radius 1 is 1.28 bits per heavy atom. The van der Waals surface area contributed by atoms with Crippen LogP contribution in [0.2, 0.25) is 0 Å². The Kier molecular flexibility index (Phi) is 4.56. The van der Waals surface area contributed by atoms with Gasteiger partial charge in [-0.3, -0.25) is 9.59 Å². The fourth-order valence-corrected chi connectivity index (χ4v) is 2.91. The van der Waals surface area contributed by atoms with Crippen LogP contribution in [0.3, 0.4) is 0 Å². The average molecular weight is 342 g/mol. The van der Waals surface area contributed by atoms with Crippen molar-refractivity contribution in [2.45, 2.75) is 25.8 Å². The molecule has 7 heteroatoms. The lowest BCUT2D eigenvalue weighted by atomic mass is 10.1. The first kappa shape index (κ1) is 16.8. The summed E-state index contributed by atoms with van der Waals surface area (Å²) in [6.07, 6.45) is 2.52. The van der Waals surface area contributed by atoms with E-state index in [0.29, 0.717) is 30.6 Å². The minimum atomic E-state index is -0.996. The van der Waals surface area contributed by atoms with Crippen LogP contribution in [0.5, 0.6) is 0 Å². The minimum Gasteiger partial charge on any atom is -0.480 e. The molecule has 3 rings (SSSR count). The van der Waals surface area contributed by atoms with Crippen molar-refractivity contribution in [2.24, 2.45) is 0 Å². The Hall–Kier alpha value is -3.09. The normalized spacial score (nSPS) is 16.7. The summed E-state index contributed by atoms with van der Waals surface area (Å²) in [6.45, 7) is 2.22. The van der Waals surface area contributed by atoms with Gasteiger partial charge in [0.05, 0.1) is 6.26 Å². The Bertz CT molecular complexity index is 813. The maximum absolute atomic E-state index is 12.7. The molecule has 0 spiro atoms. The van der Waals surface area contributed by atoms with Gasteiger partial charge >= 0.3 is 5.97 Å². The number of likely N-dealkylation sites (tertiary alicyclic amines) is 1. The van der Waals surface area contributed by atoms with Crippen molar-refractivity contribution in [3.8, 4) is 0 Å². The lowest BCUT2D eigenvalue weighted by molar-refractivity contribution is -0.141. The SMILES string of the molecule is Cc1ccc(C(=O)N2CCC[C@H]2C(=O)O)cc1NC(=O)c1ccco1. The van der Waals surface area contributed by atoms with Crippen LogP contribution in [-0.4, -0.2) is 40.4 Å². The molecule has 1 aromatic carbocycles. The monoisotopic (exact) mass is 342 g/mol. The molecular formula is C18H18N2O5. The van der Waals surface area contributed by atoms with Crippen LogP contribution in [0.1, 0.15) is 39.3 Å². The Balaban J connectivity index is 1.82. The smallest absolute Gasteiger partial charge is 0.326 e. The number of carbonyl (C=O) groups is 3. The average Bonchev–Trinajstić information content (AvgIpc) is 3.27. The molecule has 1 aliphatic rings. The molecule has 1 atom stereocenters. The number of carbonyl (C=O) groups excluding carboxylic acids is 2. The first-order valence-corrected chi connectivity index (χ1v) is 7.96. The number of aryl methyl sites for hydroxylation is 1. The zero-order chi connectivity index (χ0) is 18.0. The summed E-state index contributed by atoms with van der Waals surface area (Å²) in [5.41, 5.74) is 1.61. The number of hydrogen-bond donors (Lipinski definition) is 2. The van der Waals surface area contributed by atoms with Crippen molar-refractivity contribution in [2.75, 3.05) is 11.9 Å². The van der Waals surface area contributed by atoms with Gasteiger partial charge in [0, 0.05) is 17.8 Å². The van der Waals surface area contributed by atoms with E-state index in [1.54, 1.807) is 30.3 Å². The maximum atomic E-state index is 12.7. The molecule has 0 bridgehead atoms. The Labute approximate surface area is 144 Å². The topological polar surface area (TPSA) is 99.9 Å². The number of aliphatic carboxylic acids is 1. The van der Waals surface area contributed by atoms with Gasteiger partial charge in [-0.1, -0.05) is 6.07 Å². The third-order valence-corrected chi connectivity index (χ3v) is 4.28. The molecule has 0 saturated carbocycles. The second-order valence-corrected chi connectivity index (χ2v) is 5.96. The first-order chi connectivity index (χ1) is 12.0. The number of carboxylic acids is 1. The van der Waals surface area contributed by atoms with E-state index in [0.717, 1.165) is 5.56 Å². The van der Waals surface area contributed by atoms with E-state index >= 15 is 0 Å². The van der Waals surface area contributed by atoms with E-state index in [4.69, 9.17) is 4.42 Å². The van der Waals surface area contributed by atoms with Crippen molar-refractivity contribution in [1.29, 1.82) is 0 Å². The summed E-state index contributed by atoms with van der Waals surface area (Å²) in [5, 5.41) is 12.0. The zero-order valence-corrected chi connectivity index (χ0v) is 13.7. The lowest BCUT2D eigenvalue weighted by Gasteiger charge is -2.22. The van der Waals surface area contributed by atoms with E-state index < -0.39 is 17.9 Å². The van der Waals surface area contributed by atoms with E-state index in [2.05, 4.69) is 5.32 Å². The van der Waals surface area contributed by atoms with Crippen LogP contribution in [0.15, 0.2) is 41.0 Å².